The maximum atomic E-state index is 14.4. The summed E-state index contributed by atoms with van der Waals surface area (Å²) < 4.78 is 28.1. The molecule has 152 valence electrons. The smallest absolute Gasteiger partial charge is 0.182 e. The van der Waals surface area contributed by atoms with Crippen molar-refractivity contribution in [1.82, 2.24) is 15.6 Å². The first-order valence-corrected chi connectivity index (χ1v) is 9.80. The zero-order valence-corrected chi connectivity index (χ0v) is 16.7. The monoisotopic (exact) mass is 395 g/mol. The number of allylic oxidation sites excluding steroid dienone is 1. The SMILES string of the molecule is C=CC(CCNC)NC(=C)CCc1c(-c2ccccc2)[nH]c2c(F)c(F)ccc12. The Kier molecular flexibility index (Phi) is 6.83. The molecule has 0 saturated carbocycles. The van der Waals surface area contributed by atoms with Crippen molar-refractivity contribution < 1.29 is 8.78 Å². The highest BCUT2D eigenvalue weighted by Gasteiger charge is 2.18. The molecule has 3 N–H and O–H groups in total. The van der Waals surface area contributed by atoms with Crippen LogP contribution in [0.15, 0.2) is 67.4 Å². The average Bonchev–Trinajstić information content (AvgIpc) is 3.12. The quantitative estimate of drug-likeness (QED) is 0.407. The molecule has 0 aliphatic rings. The van der Waals surface area contributed by atoms with E-state index < -0.39 is 11.6 Å². The predicted molar refractivity (Wildman–Crippen MR) is 117 cm³/mol. The normalized spacial score (nSPS) is 12.1. The molecule has 0 spiro atoms. The molecule has 1 unspecified atom stereocenters. The average molecular weight is 395 g/mol. The minimum absolute atomic E-state index is 0.137. The summed E-state index contributed by atoms with van der Waals surface area (Å²) in [5.74, 6) is -1.70. The fraction of sp³-hybridized carbons (Fsp3) is 0.250. The summed E-state index contributed by atoms with van der Waals surface area (Å²) >= 11 is 0. The van der Waals surface area contributed by atoms with Crippen LogP contribution in [0.5, 0.6) is 0 Å². The van der Waals surface area contributed by atoms with E-state index in [9.17, 15) is 8.78 Å². The molecule has 0 aliphatic carbocycles. The van der Waals surface area contributed by atoms with Crippen molar-refractivity contribution >= 4 is 10.9 Å². The summed E-state index contributed by atoms with van der Waals surface area (Å²) in [5.41, 5.74) is 3.80. The summed E-state index contributed by atoms with van der Waals surface area (Å²) in [6.07, 6.45) is 4.11. The third kappa shape index (κ3) is 4.74. The number of fused-ring (bicyclic) bond motifs is 1. The van der Waals surface area contributed by atoms with Crippen molar-refractivity contribution in [3.63, 3.8) is 0 Å². The lowest BCUT2D eigenvalue weighted by Crippen LogP contribution is -2.29. The second kappa shape index (κ2) is 9.52. The van der Waals surface area contributed by atoms with Crippen LogP contribution in [0, 0.1) is 11.6 Å². The number of H-pyrrole nitrogens is 1. The summed E-state index contributed by atoms with van der Waals surface area (Å²) in [4.78, 5) is 3.10. The minimum atomic E-state index is -0.852. The Hall–Kier alpha value is -2.92. The molecule has 3 nitrogen and oxygen atoms in total. The summed E-state index contributed by atoms with van der Waals surface area (Å²) in [6.45, 7) is 8.89. The van der Waals surface area contributed by atoms with E-state index in [1.165, 1.54) is 6.07 Å². The maximum Gasteiger partial charge on any atom is 0.182 e. The third-order valence-corrected chi connectivity index (χ3v) is 5.09. The van der Waals surface area contributed by atoms with Crippen LogP contribution < -0.4 is 10.6 Å². The molecule has 0 saturated heterocycles. The molecule has 0 fully saturated rings. The van der Waals surface area contributed by atoms with Crippen molar-refractivity contribution in [3.05, 3.63) is 84.6 Å². The van der Waals surface area contributed by atoms with Crippen LogP contribution in [0.4, 0.5) is 8.78 Å². The lowest BCUT2D eigenvalue weighted by Gasteiger charge is -2.18. The van der Waals surface area contributed by atoms with Gasteiger partial charge in [0.2, 0.25) is 0 Å². The summed E-state index contributed by atoms with van der Waals surface area (Å²) in [5, 5.41) is 7.22. The lowest BCUT2D eigenvalue weighted by molar-refractivity contribution is 0.515. The molecule has 1 atom stereocenters. The molecule has 5 heteroatoms. The van der Waals surface area contributed by atoms with Gasteiger partial charge in [0.1, 0.15) is 0 Å². The highest BCUT2D eigenvalue weighted by molar-refractivity contribution is 5.91. The molecule has 1 heterocycles. The number of rotatable bonds is 10. The van der Waals surface area contributed by atoms with Gasteiger partial charge in [-0.25, -0.2) is 8.78 Å². The van der Waals surface area contributed by atoms with Gasteiger partial charge in [0.25, 0.3) is 0 Å². The third-order valence-electron chi connectivity index (χ3n) is 5.09. The van der Waals surface area contributed by atoms with Gasteiger partial charge in [-0.1, -0.05) is 43.0 Å². The fourth-order valence-electron chi connectivity index (χ4n) is 3.53. The number of hydrogen-bond donors (Lipinski definition) is 3. The second-order valence-electron chi connectivity index (χ2n) is 7.11. The number of aromatic amines is 1. The Morgan fingerprint density at radius 1 is 1.17 bits per heavy atom. The van der Waals surface area contributed by atoms with Gasteiger partial charge in [0.15, 0.2) is 11.6 Å². The Morgan fingerprint density at radius 3 is 2.62 bits per heavy atom. The van der Waals surface area contributed by atoms with Crippen molar-refractivity contribution in [2.24, 2.45) is 0 Å². The zero-order valence-electron chi connectivity index (χ0n) is 16.7. The first-order valence-electron chi connectivity index (χ1n) is 9.80. The second-order valence-corrected chi connectivity index (χ2v) is 7.11. The highest BCUT2D eigenvalue weighted by atomic mass is 19.2. The molecule has 29 heavy (non-hydrogen) atoms. The van der Waals surface area contributed by atoms with E-state index in [1.807, 2.05) is 43.5 Å². The molecular formula is C24H27F2N3. The van der Waals surface area contributed by atoms with Gasteiger partial charge in [0.05, 0.1) is 5.52 Å². The standard InChI is InChI=1S/C24H27F2N3/c1-4-18(14-15-27-3)28-16(2)10-11-19-20-12-13-21(25)22(26)24(20)29-23(19)17-8-6-5-7-9-17/h4-9,12-13,18,27-29H,1-2,10-11,14-15H2,3H3. The number of aryl methyl sites for hydroxylation is 1. The Labute approximate surface area is 170 Å². The van der Waals surface area contributed by atoms with E-state index in [0.29, 0.717) is 18.2 Å². The van der Waals surface area contributed by atoms with Crippen LogP contribution in [0.25, 0.3) is 22.2 Å². The van der Waals surface area contributed by atoms with E-state index in [-0.39, 0.29) is 11.6 Å². The number of benzene rings is 2. The van der Waals surface area contributed by atoms with Crippen molar-refractivity contribution in [3.8, 4) is 11.3 Å². The molecule has 3 aromatic rings. The van der Waals surface area contributed by atoms with Gasteiger partial charge in [-0.2, -0.15) is 0 Å². The van der Waals surface area contributed by atoms with Gasteiger partial charge in [-0.05, 0) is 56.1 Å². The van der Waals surface area contributed by atoms with Crippen LogP contribution >= 0.6 is 0 Å². The Bertz CT molecular complexity index is 992. The van der Waals surface area contributed by atoms with Crippen LogP contribution in [0.1, 0.15) is 18.4 Å². The molecule has 0 radical (unpaired) electrons. The van der Waals surface area contributed by atoms with Crippen LogP contribution in [-0.2, 0) is 6.42 Å². The maximum absolute atomic E-state index is 14.4. The van der Waals surface area contributed by atoms with E-state index in [0.717, 1.165) is 35.5 Å². The predicted octanol–water partition coefficient (Wildman–Crippen LogP) is 5.31. The molecule has 1 aromatic heterocycles. The van der Waals surface area contributed by atoms with Crippen LogP contribution in [0.2, 0.25) is 0 Å². The number of nitrogens with one attached hydrogen (secondary N) is 3. The minimum Gasteiger partial charge on any atom is -0.383 e. The fourth-order valence-corrected chi connectivity index (χ4v) is 3.53. The van der Waals surface area contributed by atoms with Gasteiger partial charge < -0.3 is 15.6 Å². The van der Waals surface area contributed by atoms with Crippen molar-refractivity contribution in [2.45, 2.75) is 25.3 Å². The van der Waals surface area contributed by atoms with E-state index in [1.54, 1.807) is 6.07 Å². The largest absolute Gasteiger partial charge is 0.383 e. The van der Waals surface area contributed by atoms with Crippen LogP contribution in [-0.4, -0.2) is 24.6 Å². The van der Waals surface area contributed by atoms with Crippen molar-refractivity contribution in [2.75, 3.05) is 13.6 Å². The summed E-state index contributed by atoms with van der Waals surface area (Å²) in [6, 6.07) is 12.7. The Morgan fingerprint density at radius 2 is 1.93 bits per heavy atom. The zero-order chi connectivity index (χ0) is 20.8. The van der Waals surface area contributed by atoms with E-state index >= 15 is 0 Å². The lowest BCUT2D eigenvalue weighted by atomic mass is 10.00. The van der Waals surface area contributed by atoms with Gasteiger partial charge in [0, 0.05) is 22.8 Å². The van der Waals surface area contributed by atoms with E-state index in [2.05, 4.69) is 28.8 Å². The number of aromatic nitrogens is 1. The summed E-state index contributed by atoms with van der Waals surface area (Å²) in [7, 11) is 1.92. The highest BCUT2D eigenvalue weighted by Crippen LogP contribution is 2.33. The Balaban J connectivity index is 1.87. The molecule has 0 amide bonds. The van der Waals surface area contributed by atoms with Gasteiger partial charge >= 0.3 is 0 Å². The van der Waals surface area contributed by atoms with Gasteiger partial charge in [-0.3, -0.25) is 0 Å². The van der Waals surface area contributed by atoms with Crippen molar-refractivity contribution in [1.29, 1.82) is 0 Å². The van der Waals surface area contributed by atoms with Gasteiger partial charge in [-0.15, -0.1) is 6.58 Å². The molecule has 0 aliphatic heterocycles. The number of halogens is 2. The topological polar surface area (TPSA) is 39.8 Å². The first kappa shape index (κ1) is 20.8. The molecule has 2 aromatic carbocycles. The first-order chi connectivity index (χ1) is 14.0. The van der Waals surface area contributed by atoms with E-state index in [4.69, 9.17) is 0 Å². The molecular weight excluding hydrogens is 368 g/mol. The molecule has 0 bridgehead atoms. The van der Waals surface area contributed by atoms with Crippen LogP contribution in [0.3, 0.4) is 0 Å². The molecule has 3 rings (SSSR count). The number of hydrogen-bond acceptors (Lipinski definition) is 2.